The van der Waals surface area contributed by atoms with Crippen LogP contribution in [0.5, 0.6) is 0 Å². The summed E-state index contributed by atoms with van der Waals surface area (Å²) in [6, 6.07) is 33.8. The Bertz CT molecular complexity index is 925. The van der Waals surface area contributed by atoms with Crippen LogP contribution in [0.3, 0.4) is 0 Å². The van der Waals surface area contributed by atoms with Crippen molar-refractivity contribution in [2.75, 3.05) is 5.32 Å². The van der Waals surface area contributed by atoms with Gasteiger partial charge >= 0.3 is 0 Å². The second-order valence-electron chi connectivity index (χ2n) is 5.63. The number of anilines is 2. The first-order valence-corrected chi connectivity index (χ1v) is 9.80. The largest absolute Gasteiger partial charge is 0.356 e. The van der Waals surface area contributed by atoms with E-state index in [0.29, 0.717) is 0 Å². The molecule has 0 heterocycles. The summed E-state index contributed by atoms with van der Waals surface area (Å²) in [5.74, 6) is 0. The molecule has 0 bridgehead atoms. The molecule has 0 unspecified atom stereocenters. The molecule has 0 saturated carbocycles. The molecule has 0 aliphatic rings. The van der Waals surface area contributed by atoms with Gasteiger partial charge in [-0.2, -0.15) is 0 Å². The molecule has 0 aliphatic heterocycles. The van der Waals surface area contributed by atoms with E-state index in [0.717, 1.165) is 11.4 Å². The zero-order chi connectivity index (χ0) is 19.5. The first-order chi connectivity index (χ1) is 13.4. The van der Waals surface area contributed by atoms with Gasteiger partial charge in [0, 0.05) is 11.4 Å². The molecule has 1 N–H and O–H groups in total. The fourth-order valence-corrected chi connectivity index (χ4v) is 2.81. The van der Waals surface area contributed by atoms with Gasteiger partial charge in [0.05, 0.1) is 0 Å². The van der Waals surface area contributed by atoms with Crippen molar-refractivity contribution in [3.05, 3.63) is 97.1 Å². The molecule has 0 aliphatic carbocycles. The lowest BCUT2D eigenvalue weighted by Crippen LogP contribution is -1.90. The summed E-state index contributed by atoms with van der Waals surface area (Å²) in [6.45, 7) is 8.00. The quantitative estimate of drug-likeness (QED) is 0.389. The molecule has 4 aromatic carbocycles. The van der Waals surface area contributed by atoms with Crippen molar-refractivity contribution in [3.8, 4) is 11.1 Å². The van der Waals surface area contributed by atoms with Gasteiger partial charge in [-0.1, -0.05) is 100 Å². The second-order valence-corrected chi connectivity index (χ2v) is 5.63. The Morgan fingerprint density at radius 2 is 0.963 bits per heavy atom. The summed E-state index contributed by atoms with van der Waals surface area (Å²) < 4.78 is 0. The van der Waals surface area contributed by atoms with E-state index < -0.39 is 0 Å². The number of benzene rings is 4. The average Bonchev–Trinajstić information content (AvgIpc) is 2.78. The van der Waals surface area contributed by atoms with Gasteiger partial charge in [-0.15, -0.1) is 0 Å². The summed E-state index contributed by atoms with van der Waals surface area (Å²) in [7, 11) is 0. The molecule has 27 heavy (non-hydrogen) atoms. The van der Waals surface area contributed by atoms with Crippen LogP contribution in [0.4, 0.5) is 11.4 Å². The van der Waals surface area contributed by atoms with Crippen LogP contribution >= 0.6 is 0 Å². The molecule has 0 saturated heterocycles. The van der Waals surface area contributed by atoms with Gasteiger partial charge < -0.3 is 5.32 Å². The van der Waals surface area contributed by atoms with E-state index >= 15 is 0 Å². The van der Waals surface area contributed by atoms with E-state index in [1.54, 1.807) is 0 Å². The lowest BCUT2D eigenvalue weighted by molar-refractivity contribution is 1.50. The summed E-state index contributed by atoms with van der Waals surface area (Å²) in [5.41, 5.74) is 4.68. The zero-order valence-corrected chi connectivity index (χ0v) is 16.7. The molecule has 0 fully saturated rings. The molecule has 0 amide bonds. The number of fused-ring (bicyclic) bond motifs is 1. The maximum absolute atomic E-state index is 3.47. The minimum absolute atomic E-state index is 1.10. The van der Waals surface area contributed by atoms with Crippen molar-refractivity contribution in [1.82, 2.24) is 0 Å². The lowest BCUT2D eigenvalue weighted by atomic mass is 10.1. The number of nitrogens with one attached hydrogen (secondary N) is 1. The Hall–Kier alpha value is -3.06. The predicted octanol–water partition coefficient (Wildman–Crippen LogP) is 8.30. The van der Waals surface area contributed by atoms with Crippen molar-refractivity contribution >= 4 is 22.1 Å². The Morgan fingerprint density at radius 3 is 1.63 bits per heavy atom. The Balaban J connectivity index is 0.000000614. The Kier molecular flexibility index (Phi) is 8.12. The van der Waals surface area contributed by atoms with Gasteiger partial charge in [0.2, 0.25) is 0 Å². The molecule has 0 aromatic heterocycles. The molecular formula is C26H29N. The molecular weight excluding hydrogens is 326 g/mol. The van der Waals surface area contributed by atoms with Crippen LogP contribution in [0.25, 0.3) is 21.9 Å². The highest BCUT2D eigenvalue weighted by Crippen LogP contribution is 2.25. The molecule has 4 aromatic rings. The third-order valence-corrected chi connectivity index (χ3v) is 4.03. The predicted molar refractivity (Wildman–Crippen MR) is 122 cm³/mol. The minimum Gasteiger partial charge on any atom is -0.356 e. The number of hydrogen-bond acceptors (Lipinski definition) is 1. The van der Waals surface area contributed by atoms with Crippen LogP contribution in [0, 0.1) is 0 Å². The topological polar surface area (TPSA) is 12.0 Å². The van der Waals surface area contributed by atoms with Gasteiger partial charge in [-0.3, -0.25) is 0 Å². The van der Waals surface area contributed by atoms with Crippen molar-refractivity contribution < 1.29 is 0 Å². The SMILES string of the molecule is CC.CC.c1ccc(-c2ccc(Nc3ccc4ccccc4c3)cc2)cc1. The highest BCUT2D eigenvalue weighted by molar-refractivity contribution is 5.86. The van der Waals surface area contributed by atoms with Crippen molar-refractivity contribution in [2.45, 2.75) is 27.7 Å². The van der Waals surface area contributed by atoms with Crippen LogP contribution < -0.4 is 5.32 Å². The third kappa shape index (κ3) is 5.46. The normalized spacial score (nSPS) is 9.48. The summed E-state index contributed by atoms with van der Waals surface area (Å²) in [4.78, 5) is 0. The second kappa shape index (κ2) is 10.8. The van der Waals surface area contributed by atoms with Gasteiger partial charge in [0.25, 0.3) is 0 Å². The van der Waals surface area contributed by atoms with E-state index in [1.165, 1.54) is 21.9 Å². The minimum atomic E-state index is 1.10. The van der Waals surface area contributed by atoms with E-state index in [9.17, 15) is 0 Å². The average molecular weight is 356 g/mol. The van der Waals surface area contributed by atoms with Gasteiger partial charge in [-0.25, -0.2) is 0 Å². The zero-order valence-electron chi connectivity index (χ0n) is 16.7. The summed E-state index contributed by atoms with van der Waals surface area (Å²) >= 11 is 0. The van der Waals surface area contributed by atoms with Gasteiger partial charge in [0.1, 0.15) is 0 Å². The van der Waals surface area contributed by atoms with E-state index in [1.807, 2.05) is 33.8 Å². The highest BCUT2D eigenvalue weighted by Gasteiger charge is 1.99. The molecule has 4 rings (SSSR count). The molecule has 1 heteroatoms. The number of hydrogen-bond donors (Lipinski definition) is 1. The van der Waals surface area contributed by atoms with Crippen molar-refractivity contribution in [2.24, 2.45) is 0 Å². The molecule has 0 atom stereocenters. The monoisotopic (exact) mass is 355 g/mol. The summed E-state index contributed by atoms with van der Waals surface area (Å²) in [6.07, 6.45) is 0. The van der Waals surface area contributed by atoms with Gasteiger partial charge in [-0.05, 0) is 46.2 Å². The fraction of sp³-hybridized carbons (Fsp3) is 0.154. The Labute approximate surface area is 163 Å². The standard InChI is InChI=1S/C22H17N.2C2H6/c1-2-6-17(7-3-1)19-10-13-21(14-11-19)23-22-15-12-18-8-4-5-9-20(18)16-22;2*1-2/h1-16,23H;2*1-2H3. The van der Waals surface area contributed by atoms with Crippen LogP contribution in [-0.4, -0.2) is 0 Å². The molecule has 1 nitrogen and oxygen atoms in total. The highest BCUT2D eigenvalue weighted by atomic mass is 14.9. The molecule has 138 valence electrons. The smallest absolute Gasteiger partial charge is 0.0390 e. The maximum Gasteiger partial charge on any atom is 0.0390 e. The van der Waals surface area contributed by atoms with E-state index in [4.69, 9.17) is 0 Å². The van der Waals surface area contributed by atoms with E-state index in [-0.39, 0.29) is 0 Å². The summed E-state index contributed by atoms with van der Waals surface area (Å²) in [5, 5.41) is 5.98. The fourth-order valence-electron chi connectivity index (χ4n) is 2.81. The van der Waals surface area contributed by atoms with Crippen LogP contribution in [0.15, 0.2) is 97.1 Å². The van der Waals surface area contributed by atoms with Crippen LogP contribution in [-0.2, 0) is 0 Å². The first kappa shape index (κ1) is 20.3. The van der Waals surface area contributed by atoms with Crippen LogP contribution in [0.2, 0.25) is 0 Å². The van der Waals surface area contributed by atoms with Crippen LogP contribution in [0.1, 0.15) is 27.7 Å². The lowest BCUT2D eigenvalue weighted by Gasteiger charge is -2.09. The third-order valence-electron chi connectivity index (χ3n) is 4.03. The maximum atomic E-state index is 3.47. The van der Waals surface area contributed by atoms with E-state index in [2.05, 4.69) is 96.3 Å². The molecule has 0 radical (unpaired) electrons. The van der Waals surface area contributed by atoms with Gasteiger partial charge in [0.15, 0.2) is 0 Å². The van der Waals surface area contributed by atoms with Crippen molar-refractivity contribution in [1.29, 1.82) is 0 Å². The molecule has 0 spiro atoms. The Morgan fingerprint density at radius 1 is 0.444 bits per heavy atom. The van der Waals surface area contributed by atoms with Crippen molar-refractivity contribution in [3.63, 3.8) is 0 Å². The first-order valence-electron chi connectivity index (χ1n) is 9.80. The number of rotatable bonds is 3.